The van der Waals surface area contributed by atoms with Gasteiger partial charge in [-0.15, -0.1) is 0 Å². The van der Waals surface area contributed by atoms with Crippen molar-refractivity contribution in [2.24, 2.45) is 69.5 Å². The molecule has 0 aliphatic heterocycles. The van der Waals surface area contributed by atoms with Gasteiger partial charge >= 0.3 is 0 Å². The van der Waals surface area contributed by atoms with E-state index in [1.165, 1.54) is 12.8 Å². The number of fused-ring (bicyclic) bond motifs is 3. The molecule has 2 heteroatoms. The molecule has 0 aromatic carbocycles. The highest BCUT2D eigenvalue weighted by Crippen LogP contribution is 3.05. The number of thiol groups is 2. The van der Waals surface area contributed by atoms with Crippen molar-refractivity contribution < 1.29 is 0 Å². The van der Waals surface area contributed by atoms with Gasteiger partial charge in [-0.05, 0) is 94.5 Å². The van der Waals surface area contributed by atoms with Crippen LogP contribution < -0.4 is 0 Å². The maximum atomic E-state index is 5.04. The van der Waals surface area contributed by atoms with Crippen molar-refractivity contribution in [2.75, 3.05) is 5.75 Å². The highest BCUT2D eigenvalue weighted by atomic mass is 32.1. The van der Waals surface area contributed by atoms with Crippen molar-refractivity contribution in [1.29, 1.82) is 0 Å². The smallest absolute Gasteiger partial charge is 0.00538 e. The van der Waals surface area contributed by atoms with Gasteiger partial charge in [-0.3, -0.25) is 0 Å². The molecule has 7 rings (SSSR count). The predicted molar refractivity (Wildman–Crippen MR) is 90.5 cm³/mol. The molecule has 0 nitrogen and oxygen atoms in total. The summed E-state index contributed by atoms with van der Waals surface area (Å²) in [5.74, 6) is 10.9. The normalized spacial score (nSPS) is 83.4. The van der Waals surface area contributed by atoms with Gasteiger partial charge in [0.1, 0.15) is 0 Å². The van der Waals surface area contributed by atoms with Crippen LogP contribution >= 0.6 is 25.3 Å². The van der Waals surface area contributed by atoms with Gasteiger partial charge in [-0.1, -0.05) is 13.8 Å². The average molecular weight is 319 g/mol. The Morgan fingerprint density at radius 1 is 0.952 bits per heavy atom. The van der Waals surface area contributed by atoms with Gasteiger partial charge in [0.2, 0.25) is 0 Å². The Balaban J connectivity index is 1.45. The summed E-state index contributed by atoms with van der Waals surface area (Å²) in [5, 5.41) is 0.751. The molecule has 13 unspecified atom stereocenters. The van der Waals surface area contributed by atoms with E-state index in [2.05, 4.69) is 13.8 Å². The van der Waals surface area contributed by atoms with Crippen molar-refractivity contribution in [3.05, 3.63) is 0 Å². The van der Waals surface area contributed by atoms with Crippen molar-refractivity contribution in [3.63, 3.8) is 0 Å². The maximum absolute atomic E-state index is 5.04. The minimum atomic E-state index is 0.583. The number of rotatable bonds is 1. The molecule has 0 radical (unpaired) electrons. The fourth-order valence-electron chi connectivity index (χ4n) is 11.3. The van der Waals surface area contributed by atoms with Gasteiger partial charge in [0.15, 0.2) is 0 Å². The van der Waals surface area contributed by atoms with E-state index in [4.69, 9.17) is 25.3 Å². The van der Waals surface area contributed by atoms with Gasteiger partial charge in [-0.2, -0.15) is 25.3 Å². The van der Waals surface area contributed by atoms with E-state index >= 15 is 0 Å². The molecule has 0 aromatic heterocycles. The van der Waals surface area contributed by atoms with Gasteiger partial charge in [0, 0.05) is 5.25 Å². The standard InChI is InChI=1S/C19H26S2/c1-7-9-4-12(21)10-3-11-15-16-14-8(5-17(16,2)6-20)13(7)19(14,15)18(9,10)11/h7-16,20-21H,3-6H2,1-2H3. The molecule has 114 valence electrons. The van der Waals surface area contributed by atoms with E-state index in [1.54, 1.807) is 6.42 Å². The lowest BCUT2D eigenvalue weighted by Crippen LogP contribution is -2.90. The van der Waals surface area contributed by atoms with Gasteiger partial charge in [-0.25, -0.2) is 0 Å². The lowest BCUT2D eigenvalue weighted by Gasteiger charge is -2.92. The van der Waals surface area contributed by atoms with Crippen LogP contribution in [0.1, 0.15) is 33.1 Å². The largest absolute Gasteiger partial charge is 0.179 e. The number of hydrogen-bond donors (Lipinski definition) is 2. The van der Waals surface area contributed by atoms with Gasteiger partial charge in [0.05, 0.1) is 0 Å². The van der Waals surface area contributed by atoms with Crippen LogP contribution in [-0.2, 0) is 0 Å². The molecule has 0 heterocycles. The zero-order valence-corrected chi connectivity index (χ0v) is 14.8. The Morgan fingerprint density at radius 2 is 1.76 bits per heavy atom. The van der Waals surface area contributed by atoms with Crippen molar-refractivity contribution >= 4 is 25.3 Å². The maximum Gasteiger partial charge on any atom is 0.00538 e. The molecule has 0 saturated heterocycles. The summed E-state index contributed by atoms with van der Waals surface area (Å²) in [5.41, 5.74) is 2.27. The van der Waals surface area contributed by atoms with Gasteiger partial charge in [0.25, 0.3) is 0 Å². The van der Waals surface area contributed by atoms with Crippen LogP contribution in [0.3, 0.4) is 0 Å². The molecule has 0 bridgehead atoms. The molecule has 0 amide bonds. The molecule has 7 saturated carbocycles. The third-order valence-electron chi connectivity index (χ3n) is 10.9. The molecule has 21 heavy (non-hydrogen) atoms. The van der Waals surface area contributed by atoms with E-state index in [9.17, 15) is 0 Å². The molecule has 2 spiro atoms. The monoisotopic (exact) mass is 318 g/mol. The second-order valence-corrected chi connectivity index (χ2v) is 11.3. The van der Waals surface area contributed by atoms with Crippen LogP contribution in [0.2, 0.25) is 0 Å². The molecule has 0 N–H and O–H groups in total. The SMILES string of the molecule is CC1C2CC(S)C3CC4C5C6C7C(CC6(C)CS)C1C75C324. The average Bonchev–Trinajstić information content (AvgIpc) is 2.87. The molecule has 13 atom stereocenters. The van der Waals surface area contributed by atoms with E-state index in [0.29, 0.717) is 5.41 Å². The molecule has 0 aromatic rings. The first-order chi connectivity index (χ1) is 10.0. The molecular formula is C19H26S2. The van der Waals surface area contributed by atoms with Crippen LogP contribution in [0.4, 0.5) is 0 Å². The third-order valence-corrected chi connectivity index (χ3v) is 12.2. The number of hydrogen-bond acceptors (Lipinski definition) is 2. The summed E-state index contributed by atoms with van der Waals surface area (Å²) < 4.78 is 0. The first kappa shape index (κ1) is 12.1. The minimum Gasteiger partial charge on any atom is -0.179 e. The van der Waals surface area contributed by atoms with Crippen LogP contribution in [0.5, 0.6) is 0 Å². The first-order valence-corrected chi connectivity index (χ1v) is 10.5. The second kappa shape index (κ2) is 2.89. The quantitative estimate of drug-likeness (QED) is 0.670. The van der Waals surface area contributed by atoms with Crippen LogP contribution in [0.15, 0.2) is 0 Å². The van der Waals surface area contributed by atoms with Crippen molar-refractivity contribution in [1.82, 2.24) is 0 Å². The van der Waals surface area contributed by atoms with E-state index in [0.717, 1.165) is 75.1 Å². The molecule has 7 aliphatic rings. The fourth-order valence-corrected chi connectivity index (χ4v) is 12.3. The van der Waals surface area contributed by atoms with E-state index in [-0.39, 0.29) is 0 Å². The van der Waals surface area contributed by atoms with Gasteiger partial charge < -0.3 is 0 Å². The Bertz CT molecular complexity index is 600. The molecule has 7 fully saturated rings. The van der Waals surface area contributed by atoms with E-state index in [1.807, 2.05) is 0 Å². The first-order valence-electron chi connectivity index (χ1n) is 9.34. The van der Waals surface area contributed by atoms with Crippen LogP contribution in [0, 0.1) is 69.5 Å². The zero-order chi connectivity index (χ0) is 14.1. The molecule has 7 aliphatic carbocycles. The predicted octanol–water partition coefficient (Wildman–Crippen LogP) is 4.02. The summed E-state index contributed by atoms with van der Waals surface area (Å²) in [6.07, 6.45) is 4.53. The minimum absolute atomic E-state index is 0.583. The van der Waals surface area contributed by atoms with Crippen molar-refractivity contribution in [3.8, 4) is 0 Å². The topological polar surface area (TPSA) is 0 Å². The Labute approximate surface area is 139 Å². The highest BCUT2D eigenvalue weighted by Gasteiger charge is 3.02. The Hall–Kier alpha value is 0.700. The summed E-state index contributed by atoms with van der Waals surface area (Å²) in [6, 6.07) is 0. The molecular weight excluding hydrogens is 292 g/mol. The van der Waals surface area contributed by atoms with Crippen LogP contribution in [0.25, 0.3) is 0 Å². The summed E-state index contributed by atoms with van der Waals surface area (Å²) in [4.78, 5) is 0. The van der Waals surface area contributed by atoms with Crippen molar-refractivity contribution in [2.45, 2.75) is 38.4 Å². The highest BCUT2D eigenvalue weighted by molar-refractivity contribution is 7.81. The Morgan fingerprint density at radius 3 is 2.52 bits per heavy atom. The summed E-state index contributed by atoms with van der Waals surface area (Å²) >= 11 is 9.83. The third kappa shape index (κ3) is 0.728. The zero-order valence-electron chi connectivity index (χ0n) is 13.0. The Kier molecular flexibility index (Phi) is 1.67. The van der Waals surface area contributed by atoms with Crippen LogP contribution in [-0.4, -0.2) is 11.0 Å². The summed E-state index contributed by atoms with van der Waals surface area (Å²) in [6.45, 7) is 5.23. The lowest BCUT2D eigenvalue weighted by molar-refractivity contribution is -0.461. The summed E-state index contributed by atoms with van der Waals surface area (Å²) in [7, 11) is 0. The fraction of sp³-hybridized carbons (Fsp3) is 1.00. The lowest BCUT2D eigenvalue weighted by atomic mass is 9.11. The van der Waals surface area contributed by atoms with E-state index < -0.39 is 0 Å². The second-order valence-electron chi connectivity index (χ2n) is 10.4.